The van der Waals surface area contributed by atoms with Crippen molar-refractivity contribution in [1.29, 1.82) is 5.41 Å². The molecule has 4 N–H and O–H groups in total. The molecule has 292 valence electrons. The summed E-state index contributed by atoms with van der Waals surface area (Å²) in [6, 6.07) is 0. The Balaban J connectivity index is 3.11. The Bertz CT molecular complexity index is 695. The van der Waals surface area contributed by atoms with Crippen LogP contribution < -0.4 is 11.1 Å². The van der Waals surface area contributed by atoms with Crippen LogP contribution in [0.1, 0.15) is 19.3 Å². The fourth-order valence-corrected chi connectivity index (χ4v) is 4.83. The fourth-order valence-electron chi connectivity index (χ4n) is 3.32. The van der Waals surface area contributed by atoms with E-state index < -0.39 is 0 Å². The number of nitrogens with two attached hydrogens (primary N) is 1. The molecule has 0 aliphatic heterocycles. The van der Waals surface area contributed by atoms with Crippen molar-refractivity contribution in [3.8, 4) is 0 Å². The Hall–Kier alpha value is -0.840. The van der Waals surface area contributed by atoms with Crippen molar-refractivity contribution in [3.05, 3.63) is 0 Å². The van der Waals surface area contributed by atoms with E-state index in [0.717, 1.165) is 18.6 Å². The van der Waals surface area contributed by atoms with Gasteiger partial charge in [-0.1, -0.05) is 10.8 Å². The molecule has 0 spiro atoms. The number of ether oxygens (including phenoxy) is 12. The first kappa shape index (κ1) is 48.2. The maximum Gasteiger partial charge on any atom is 0.222 e. The summed E-state index contributed by atoms with van der Waals surface area (Å²) in [5, 5.41) is 10.1. The molecule has 0 saturated carbocycles. The van der Waals surface area contributed by atoms with Crippen molar-refractivity contribution in [3.63, 3.8) is 0 Å². The number of carbonyl (C=O) groups excluding carboxylic acids is 1. The van der Waals surface area contributed by atoms with Gasteiger partial charge in [0.15, 0.2) is 5.17 Å². The highest BCUT2D eigenvalue weighted by Gasteiger charge is 2.01. The summed E-state index contributed by atoms with van der Waals surface area (Å²) >= 11 is 0. The van der Waals surface area contributed by atoms with Crippen LogP contribution in [0.3, 0.4) is 0 Å². The highest BCUT2D eigenvalue weighted by molar-refractivity contribution is 8.82. The Kier molecular flexibility index (Phi) is 42.6. The topological polar surface area (TPSA) is 190 Å². The Morgan fingerprint density at radius 2 is 0.816 bits per heavy atom. The Morgan fingerprint density at radius 3 is 1.12 bits per heavy atom. The number of amides is 1. The first-order chi connectivity index (χ1) is 24.2. The minimum atomic E-state index is -0.0208. The number of methoxy groups -OCH3 is 1. The van der Waals surface area contributed by atoms with Crippen LogP contribution in [0.2, 0.25) is 0 Å². The van der Waals surface area contributed by atoms with Gasteiger partial charge in [0.1, 0.15) is 0 Å². The van der Waals surface area contributed by atoms with Gasteiger partial charge in [-0.05, 0) is 23.6 Å². The molecule has 16 nitrogen and oxygen atoms in total. The molecule has 0 aliphatic rings. The van der Waals surface area contributed by atoms with E-state index in [2.05, 4.69) is 5.32 Å². The minimum Gasteiger partial charge on any atom is -0.382 e. The zero-order valence-corrected chi connectivity index (χ0v) is 31.1. The third kappa shape index (κ3) is 45.1. The van der Waals surface area contributed by atoms with Gasteiger partial charge in [-0.25, -0.2) is 0 Å². The molecule has 1 amide bonds. The number of nitrogens with one attached hydrogen (secondary N) is 2. The van der Waals surface area contributed by atoms with Crippen molar-refractivity contribution in [1.82, 2.24) is 5.32 Å². The van der Waals surface area contributed by atoms with E-state index in [4.69, 9.17) is 68.0 Å². The van der Waals surface area contributed by atoms with Crippen LogP contribution >= 0.6 is 21.6 Å². The van der Waals surface area contributed by atoms with Gasteiger partial charge in [-0.15, -0.1) is 0 Å². The van der Waals surface area contributed by atoms with Crippen LogP contribution in [0.4, 0.5) is 0 Å². The van der Waals surface area contributed by atoms with Gasteiger partial charge in [-0.3, -0.25) is 10.2 Å². The van der Waals surface area contributed by atoms with Crippen molar-refractivity contribution in [2.24, 2.45) is 5.73 Å². The second kappa shape index (κ2) is 43.3. The molecule has 0 radical (unpaired) electrons. The third-order valence-corrected chi connectivity index (χ3v) is 7.90. The van der Waals surface area contributed by atoms with Crippen molar-refractivity contribution < 1.29 is 61.6 Å². The van der Waals surface area contributed by atoms with E-state index in [1.54, 1.807) is 17.9 Å². The highest BCUT2D eigenvalue weighted by atomic mass is 33.1. The Morgan fingerprint density at radius 1 is 0.510 bits per heavy atom. The quantitative estimate of drug-likeness (QED) is 0.0351. The maximum atomic E-state index is 11.8. The summed E-state index contributed by atoms with van der Waals surface area (Å²) in [6.07, 6.45) is 2.18. The molecule has 0 fully saturated rings. The fraction of sp³-hybridized carbons (Fsp3) is 0.935. The molecule has 0 aromatic heterocycles. The van der Waals surface area contributed by atoms with E-state index in [0.29, 0.717) is 165 Å². The minimum absolute atomic E-state index is 0.0208. The van der Waals surface area contributed by atoms with Gasteiger partial charge in [0.05, 0.1) is 152 Å². The van der Waals surface area contributed by atoms with Gasteiger partial charge >= 0.3 is 0 Å². The van der Waals surface area contributed by atoms with Gasteiger partial charge in [0, 0.05) is 25.8 Å². The molecule has 0 rings (SSSR count). The first-order valence-corrected chi connectivity index (χ1v) is 19.2. The molecule has 0 unspecified atom stereocenters. The molecule has 18 heteroatoms. The van der Waals surface area contributed by atoms with Crippen LogP contribution in [0.25, 0.3) is 0 Å². The van der Waals surface area contributed by atoms with Crippen LogP contribution in [0.15, 0.2) is 0 Å². The van der Waals surface area contributed by atoms with E-state index in [-0.39, 0.29) is 11.1 Å². The van der Waals surface area contributed by atoms with Crippen LogP contribution in [0, 0.1) is 5.41 Å². The van der Waals surface area contributed by atoms with Crippen LogP contribution in [-0.2, 0) is 61.6 Å². The summed E-state index contributed by atoms with van der Waals surface area (Å²) in [4.78, 5) is 11.8. The lowest BCUT2D eigenvalue weighted by molar-refractivity contribution is -0.122. The lowest BCUT2D eigenvalue weighted by Crippen LogP contribution is -2.25. The average Bonchev–Trinajstić information content (AvgIpc) is 3.09. The number of carbonyl (C=O) groups is 1. The second-order valence-corrected chi connectivity index (χ2v) is 12.3. The molecule has 0 atom stereocenters. The summed E-state index contributed by atoms with van der Waals surface area (Å²) in [7, 11) is 4.46. The van der Waals surface area contributed by atoms with Gasteiger partial charge in [0.25, 0.3) is 0 Å². The third-order valence-electron chi connectivity index (χ3n) is 5.75. The molecule has 0 aromatic rings. The predicted molar refractivity (Wildman–Crippen MR) is 190 cm³/mol. The maximum absolute atomic E-state index is 11.8. The smallest absolute Gasteiger partial charge is 0.222 e. The molecule has 0 aliphatic carbocycles. The largest absolute Gasteiger partial charge is 0.382 e. The van der Waals surface area contributed by atoms with Crippen LogP contribution in [0.5, 0.6) is 0 Å². The molecule has 0 saturated heterocycles. The van der Waals surface area contributed by atoms with E-state index >= 15 is 0 Å². The monoisotopic (exact) mass is 749 g/mol. The highest BCUT2D eigenvalue weighted by Crippen LogP contribution is 2.21. The number of amidine groups is 1. The Labute approximate surface area is 300 Å². The molecule has 0 heterocycles. The number of hydrogen-bond acceptors (Lipinski definition) is 16. The zero-order valence-electron chi connectivity index (χ0n) is 29.5. The molecular weight excluding hydrogens is 686 g/mol. The second-order valence-electron chi connectivity index (χ2n) is 9.81. The normalized spacial score (nSPS) is 11.4. The van der Waals surface area contributed by atoms with Crippen molar-refractivity contribution in [2.75, 3.05) is 171 Å². The molecular formula is C31H63N3O13S2. The first-order valence-electron chi connectivity index (χ1n) is 16.9. The van der Waals surface area contributed by atoms with Gasteiger partial charge in [-0.2, -0.15) is 0 Å². The van der Waals surface area contributed by atoms with E-state index in [1.807, 2.05) is 0 Å². The summed E-state index contributed by atoms with van der Waals surface area (Å²) in [6.45, 7) is 12.1. The van der Waals surface area contributed by atoms with E-state index in [9.17, 15) is 4.79 Å². The van der Waals surface area contributed by atoms with Crippen LogP contribution in [-0.4, -0.2) is 182 Å². The number of rotatable bonds is 42. The van der Waals surface area contributed by atoms with Gasteiger partial charge < -0.3 is 67.9 Å². The SMILES string of the molecule is COCCOCCOCCOCCOCCOCCOCCOCCOCCOCCOCCOCCC(=O)NCCCCSSC(=N)N. The van der Waals surface area contributed by atoms with E-state index in [1.165, 1.54) is 10.8 Å². The summed E-state index contributed by atoms with van der Waals surface area (Å²) < 4.78 is 64.7. The lowest BCUT2D eigenvalue weighted by atomic mass is 10.3. The zero-order chi connectivity index (χ0) is 35.6. The average molecular weight is 750 g/mol. The number of unbranched alkanes of at least 4 members (excludes halogenated alkanes) is 1. The van der Waals surface area contributed by atoms with Crippen molar-refractivity contribution in [2.45, 2.75) is 19.3 Å². The number of hydrogen-bond donors (Lipinski definition) is 3. The molecule has 49 heavy (non-hydrogen) atoms. The van der Waals surface area contributed by atoms with Gasteiger partial charge in [0.2, 0.25) is 5.91 Å². The lowest BCUT2D eigenvalue weighted by Gasteiger charge is -2.09. The predicted octanol–water partition coefficient (Wildman–Crippen LogP) is 1.38. The summed E-state index contributed by atoms with van der Waals surface area (Å²) in [5.41, 5.74) is 5.27. The standard InChI is InChI=1S/C31H63N3O13S2/c1-36-7-8-38-11-12-40-15-16-42-19-20-44-23-24-46-27-28-47-26-25-45-22-21-43-18-17-41-14-13-39-10-9-37-6-4-30(35)34-5-2-3-29-48-49-31(32)33/h2-29H2,1H3,(H3,32,33)(H,34,35). The van der Waals surface area contributed by atoms with Crippen molar-refractivity contribution >= 4 is 32.7 Å². The molecule has 0 bridgehead atoms. The summed E-state index contributed by atoms with van der Waals surface area (Å²) in [5.74, 6) is 0.879. The molecule has 0 aromatic carbocycles.